The second-order valence-corrected chi connectivity index (χ2v) is 11.8. The molecule has 1 aliphatic rings. The van der Waals surface area contributed by atoms with Crippen LogP contribution in [0.1, 0.15) is 52.9 Å². The molecule has 0 saturated heterocycles. The summed E-state index contributed by atoms with van der Waals surface area (Å²) in [6, 6.07) is 22.3. The molecule has 0 fully saturated rings. The van der Waals surface area contributed by atoms with Crippen LogP contribution in [0.2, 0.25) is 0 Å². The number of aliphatic hydroxyl groups excluding tert-OH is 2. The molecule has 8 nitrogen and oxygen atoms in total. The van der Waals surface area contributed by atoms with Crippen molar-refractivity contribution in [2.75, 3.05) is 6.54 Å². The van der Waals surface area contributed by atoms with E-state index in [1.54, 1.807) is 0 Å². The zero-order valence-electron chi connectivity index (χ0n) is 21.8. The number of sulfonamides is 1. The number of nitrogens with one attached hydrogen (secondary N) is 2. The summed E-state index contributed by atoms with van der Waals surface area (Å²) < 4.78 is 27.8. The van der Waals surface area contributed by atoms with E-state index in [1.165, 1.54) is 31.2 Å². The van der Waals surface area contributed by atoms with Gasteiger partial charge < -0.3 is 15.5 Å². The zero-order chi connectivity index (χ0) is 28.0. The summed E-state index contributed by atoms with van der Waals surface area (Å²) in [6.07, 6.45) is -0.334. The fourth-order valence-corrected chi connectivity index (χ4v) is 6.00. The molecule has 39 heavy (non-hydrogen) atoms. The number of aliphatic hydroxyl groups is 2. The van der Waals surface area contributed by atoms with Gasteiger partial charge in [-0.25, -0.2) is 13.1 Å². The van der Waals surface area contributed by atoms with Crippen LogP contribution in [0.3, 0.4) is 0 Å². The average Bonchev–Trinajstić information content (AvgIpc) is 3.25. The van der Waals surface area contributed by atoms with Gasteiger partial charge in [-0.15, -0.1) is 0 Å². The highest BCUT2D eigenvalue weighted by Gasteiger charge is 2.34. The van der Waals surface area contributed by atoms with E-state index < -0.39 is 34.2 Å². The van der Waals surface area contributed by atoms with Crippen molar-refractivity contribution >= 4 is 21.7 Å². The number of carbonyl (C=O) groups is 2. The summed E-state index contributed by atoms with van der Waals surface area (Å²) in [7, 11) is -3.92. The Bertz CT molecular complexity index is 1390. The van der Waals surface area contributed by atoms with Gasteiger partial charge >= 0.3 is 0 Å². The molecule has 4 unspecified atom stereocenters. The largest absolute Gasteiger partial charge is 0.392 e. The number of Topliss-reactive ketones (excluding diaryl/α,β-unsaturated/α-hetero) is 1. The molecule has 4 N–H and O–H groups in total. The van der Waals surface area contributed by atoms with Crippen LogP contribution in [0.4, 0.5) is 0 Å². The van der Waals surface area contributed by atoms with E-state index in [0.717, 1.165) is 16.7 Å². The van der Waals surface area contributed by atoms with Gasteiger partial charge in [-0.05, 0) is 55.0 Å². The second kappa shape index (κ2) is 12.7. The molecule has 1 aliphatic carbocycles. The summed E-state index contributed by atoms with van der Waals surface area (Å²) in [5, 5.41) is 24.3. The van der Waals surface area contributed by atoms with E-state index in [9.17, 15) is 28.2 Å². The minimum Gasteiger partial charge on any atom is -0.392 e. The molecule has 206 valence electrons. The Morgan fingerprint density at radius 1 is 0.974 bits per heavy atom. The predicted octanol–water partition coefficient (Wildman–Crippen LogP) is 2.94. The quantitative estimate of drug-likeness (QED) is 0.256. The molecule has 3 aromatic rings. The van der Waals surface area contributed by atoms with Crippen molar-refractivity contribution in [2.45, 2.75) is 55.8 Å². The van der Waals surface area contributed by atoms with Crippen molar-refractivity contribution in [3.05, 3.63) is 101 Å². The van der Waals surface area contributed by atoms with Crippen LogP contribution in [-0.4, -0.2) is 49.1 Å². The van der Waals surface area contributed by atoms with E-state index in [2.05, 4.69) is 10.0 Å². The van der Waals surface area contributed by atoms with Gasteiger partial charge in [0.05, 0.1) is 23.1 Å². The molecule has 0 saturated carbocycles. The van der Waals surface area contributed by atoms with Crippen LogP contribution in [-0.2, 0) is 27.7 Å². The first kappa shape index (κ1) is 28.6. The Labute approximate surface area is 229 Å². The van der Waals surface area contributed by atoms with Crippen molar-refractivity contribution in [3.8, 4) is 0 Å². The van der Waals surface area contributed by atoms with Crippen LogP contribution in [0.25, 0.3) is 0 Å². The van der Waals surface area contributed by atoms with Gasteiger partial charge in [0.15, 0.2) is 5.78 Å². The number of carbonyl (C=O) groups excluding carboxylic acids is 2. The Morgan fingerprint density at radius 2 is 1.64 bits per heavy atom. The number of aryl methyl sites for hydroxylation is 1. The third-order valence-corrected chi connectivity index (χ3v) is 8.57. The molecule has 0 spiro atoms. The lowest BCUT2D eigenvalue weighted by atomic mass is 9.92. The predicted molar refractivity (Wildman–Crippen MR) is 148 cm³/mol. The van der Waals surface area contributed by atoms with Gasteiger partial charge in [0, 0.05) is 24.4 Å². The number of hydrogen-bond acceptors (Lipinski definition) is 6. The van der Waals surface area contributed by atoms with E-state index in [1.807, 2.05) is 54.6 Å². The summed E-state index contributed by atoms with van der Waals surface area (Å²) in [5.41, 5.74) is 3.31. The lowest BCUT2D eigenvalue weighted by Crippen LogP contribution is -2.40. The first-order valence-corrected chi connectivity index (χ1v) is 14.5. The van der Waals surface area contributed by atoms with Crippen LogP contribution in [0.5, 0.6) is 0 Å². The SMILES string of the molecule is CC(=O)c1ccc(S(=O)(=O)NCC(O)CC(CCc2ccccc2)C(=O)NC2c3ccccc3CC2O)cc1. The average molecular weight is 551 g/mol. The van der Waals surface area contributed by atoms with Gasteiger partial charge in [0.1, 0.15) is 0 Å². The molecule has 0 aromatic heterocycles. The monoisotopic (exact) mass is 550 g/mol. The lowest BCUT2D eigenvalue weighted by molar-refractivity contribution is -0.127. The highest BCUT2D eigenvalue weighted by molar-refractivity contribution is 7.89. The molecule has 3 aromatic carbocycles. The Kier molecular flexibility index (Phi) is 9.29. The van der Waals surface area contributed by atoms with Crippen LogP contribution in [0.15, 0.2) is 83.8 Å². The number of fused-ring (bicyclic) bond motifs is 1. The minimum atomic E-state index is -3.92. The van der Waals surface area contributed by atoms with Gasteiger partial charge in [0.25, 0.3) is 0 Å². The maximum atomic E-state index is 13.4. The number of amides is 1. The highest BCUT2D eigenvalue weighted by Crippen LogP contribution is 2.32. The second-order valence-electron chi connectivity index (χ2n) is 10.00. The van der Waals surface area contributed by atoms with Crippen molar-refractivity contribution < 1.29 is 28.2 Å². The molecule has 1 amide bonds. The fraction of sp³-hybridized carbons (Fsp3) is 0.333. The van der Waals surface area contributed by atoms with E-state index >= 15 is 0 Å². The molecule has 9 heteroatoms. The molecule has 0 heterocycles. The summed E-state index contributed by atoms with van der Waals surface area (Å²) >= 11 is 0. The summed E-state index contributed by atoms with van der Waals surface area (Å²) in [6.45, 7) is 1.12. The van der Waals surface area contributed by atoms with Gasteiger partial charge in [-0.2, -0.15) is 0 Å². The van der Waals surface area contributed by atoms with Crippen LogP contribution < -0.4 is 10.0 Å². The van der Waals surface area contributed by atoms with Crippen LogP contribution >= 0.6 is 0 Å². The smallest absolute Gasteiger partial charge is 0.240 e. The molecule has 4 rings (SSSR count). The lowest BCUT2D eigenvalue weighted by Gasteiger charge is -2.24. The standard InChI is InChI=1S/C30H34N2O6S/c1-20(33)22-13-15-26(16-14-22)39(37,38)31-19-25(34)17-24(12-11-21-7-3-2-4-8-21)30(36)32-29-27-10-6-5-9-23(27)18-28(29)35/h2-10,13-16,24-25,28-29,31,34-35H,11-12,17-19H2,1H3,(H,32,36). The van der Waals surface area contributed by atoms with Crippen molar-refractivity contribution in [3.63, 3.8) is 0 Å². The maximum Gasteiger partial charge on any atom is 0.240 e. The molecule has 0 bridgehead atoms. The molecular formula is C30H34N2O6S. The number of rotatable bonds is 12. The maximum absolute atomic E-state index is 13.4. The van der Waals surface area contributed by atoms with E-state index in [-0.39, 0.29) is 29.6 Å². The first-order valence-electron chi connectivity index (χ1n) is 13.0. The van der Waals surface area contributed by atoms with Crippen LogP contribution in [0, 0.1) is 5.92 Å². The first-order chi connectivity index (χ1) is 18.6. The molecular weight excluding hydrogens is 516 g/mol. The topological polar surface area (TPSA) is 133 Å². The number of ketones is 1. The third-order valence-electron chi connectivity index (χ3n) is 7.13. The summed E-state index contributed by atoms with van der Waals surface area (Å²) in [4.78, 5) is 24.9. The van der Waals surface area contributed by atoms with Gasteiger partial charge in [0.2, 0.25) is 15.9 Å². The van der Waals surface area contributed by atoms with Crippen molar-refractivity contribution in [1.82, 2.24) is 10.0 Å². The van der Waals surface area contributed by atoms with Crippen molar-refractivity contribution in [1.29, 1.82) is 0 Å². The fourth-order valence-electron chi connectivity index (χ4n) is 4.93. The Morgan fingerprint density at radius 3 is 2.33 bits per heavy atom. The third kappa shape index (κ3) is 7.39. The normalized spacial score (nSPS) is 18.2. The van der Waals surface area contributed by atoms with E-state index in [0.29, 0.717) is 24.8 Å². The highest BCUT2D eigenvalue weighted by atomic mass is 32.2. The zero-order valence-corrected chi connectivity index (χ0v) is 22.6. The minimum absolute atomic E-state index is 0.0213. The number of benzene rings is 3. The Balaban J connectivity index is 1.42. The molecule has 0 radical (unpaired) electrons. The van der Waals surface area contributed by atoms with E-state index in [4.69, 9.17) is 0 Å². The van der Waals surface area contributed by atoms with Gasteiger partial charge in [-0.3, -0.25) is 9.59 Å². The molecule has 0 aliphatic heterocycles. The Hall–Kier alpha value is -3.37. The summed E-state index contributed by atoms with van der Waals surface area (Å²) in [5.74, 6) is -1.08. The van der Waals surface area contributed by atoms with Crippen molar-refractivity contribution in [2.24, 2.45) is 5.92 Å². The van der Waals surface area contributed by atoms with Gasteiger partial charge in [-0.1, -0.05) is 66.7 Å². The molecule has 4 atom stereocenters. The number of hydrogen-bond donors (Lipinski definition) is 4.